The summed E-state index contributed by atoms with van der Waals surface area (Å²) in [5.74, 6) is 0.640. The molecule has 2 aliphatic rings. The molecule has 0 bridgehead atoms. The molecule has 0 saturated carbocycles. The number of furan rings is 1. The Balaban J connectivity index is 1.56. The number of nitrogens with zero attached hydrogens (tertiary/aromatic N) is 2. The molecule has 1 atom stereocenters. The number of ether oxygens (including phenoxy) is 1. The van der Waals surface area contributed by atoms with Gasteiger partial charge in [-0.05, 0) is 31.1 Å². The lowest BCUT2D eigenvalue weighted by Gasteiger charge is -2.35. The molecule has 3 heterocycles. The number of hydrogen-bond acceptors (Lipinski definition) is 4. The molecule has 124 valence electrons. The number of likely N-dealkylation sites (tertiary alicyclic amines) is 1. The molecule has 0 spiro atoms. The quantitative estimate of drug-likeness (QED) is 0.790. The van der Waals surface area contributed by atoms with E-state index in [1.54, 1.807) is 29.4 Å². The van der Waals surface area contributed by atoms with Gasteiger partial charge in [-0.1, -0.05) is 0 Å². The maximum Gasteiger partial charge on any atom is 0.246 e. The Bertz CT molecular complexity index is 561. The van der Waals surface area contributed by atoms with Gasteiger partial charge in [-0.3, -0.25) is 9.59 Å². The van der Waals surface area contributed by atoms with Gasteiger partial charge < -0.3 is 19.0 Å². The van der Waals surface area contributed by atoms with Gasteiger partial charge >= 0.3 is 0 Å². The van der Waals surface area contributed by atoms with Crippen molar-refractivity contribution in [1.29, 1.82) is 0 Å². The van der Waals surface area contributed by atoms with E-state index in [0.29, 0.717) is 45.2 Å². The molecule has 2 aliphatic heterocycles. The van der Waals surface area contributed by atoms with Gasteiger partial charge in [0.1, 0.15) is 5.76 Å². The van der Waals surface area contributed by atoms with E-state index in [1.165, 1.54) is 6.08 Å². The average Bonchev–Trinajstić information content (AvgIpc) is 3.13. The highest BCUT2D eigenvalue weighted by Gasteiger charge is 2.31. The second-order valence-corrected chi connectivity index (χ2v) is 5.91. The number of carbonyl (C=O) groups excluding carboxylic acids is 2. The molecule has 1 aromatic heterocycles. The van der Waals surface area contributed by atoms with Crippen LogP contribution >= 0.6 is 0 Å². The molecule has 2 saturated heterocycles. The highest BCUT2D eigenvalue weighted by atomic mass is 16.5. The molecule has 2 fully saturated rings. The molecule has 6 nitrogen and oxygen atoms in total. The van der Waals surface area contributed by atoms with Gasteiger partial charge in [-0.15, -0.1) is 0 Å². The van der Waals surface area contributed by atoms with Crippen LogP contribution in [0.4, 0.5) is 0 Å². The van der Waals surface area contributed by atoms with E-state index < -0.39 is 0 Å². The van der Waals surface area contributed by atoms with Gasteiger partial charge in [0, 0.05) is 32.3 Å². The van der Waals surface area contributed by atoms with Crippen molar-refractivity contribution < 1.29 is 18.7 Å². The molecule has 0 radical (unpaired) electrons. The third kappa shape index (κ3) is 4.01. The van der Waals surface area contributed by atoms with Crippen LogP contribution < -0.4 is 0 Å². The molecule has 1 unspecified atom stereocenters. The van der Waals surface area contributed by atoms with Crippen LogP contribution in [0.2, 0.25) is 0 Å². The summed E-state index contributed by atoms with van der Waals surface area (Å²) in [6.45, 7) is 3.72. The number of piperidine rings is 1. The minimum absolute atomic E-state index is 0.0686. The summed E-state index contributed by atoms with van der Waals surface area (Å²) >= 11 is 0. The largest absolute Gasteiger partial charge is 0.465 e. The molecular weight excluding hydrogens is 296 g/mol. The second-order valence-electron chi connectivity index (χ2n) is 5.91. The number of carbonyl (C=O) groups is 2. The Morgan fingerprint density at radius 3 is 2.74 bits per heavy atom. The second kappa shape index (κ2) is 7.46. The normalized spacial score (nSPS) is 22.5. The minimum atomic E-state index is -0.0946. The predicted molar refractivity (Wildman–Crippen MR) is 84.4 cm³/mol. The topological polar surface area (TPSA) is 63.0 Å². The first kappa shape index (κ1) is 15.8. The molecule has 1 aromatic rings. The molecule has 2 amide bonds. The summed E-state index contributed by atoms with van der Waals surface area (Å²) in [6.07, 6.45) is 6.46. The van der Waals surface area contributed by atoms with E-state index in [2.05, 4.69) is 0 Å². The van der Waals surface area contributed by atoms with Crippen LogP contribution in [0.1, 0.15) is 18.6 Å². The van der Waals surface area contributed by atoms with Crippen LogP contribution in [0.3, 0.4) is 0 Å². The zero-order valence-corrected chi connectivity index (χ0v) is 13.1. The molecule has 3 rings (SSSR count). The van der Waals surface area contributed by atoms with Crippen molar-refractivity contribution in [2.45, 2.75) is 12.8 Å². The first-order chi connectivity index (χ1) is 11.2. The van der Waals surface area contributed by atoms with Gasteiger partial charge in [0.05, 0.1) is 25.4 Å². The van der Waals surface area contributed by atoms with Gasteiger partial charge in [-0.2, -0.15) is 0 Å². The van der Waals surface area contributed by atoms with E-state index in [9.17, 15) is 9.59 Å². The first-order valence-electron chi connectivity index (χ1n) is 8.11. The van der Waals surface area contributed by atoms with Gasteiger partial charge in [0.2, 0.25) is 11.8 Å². The monoisotopic (exact) mass is 318 g/mol. The molecule has 0 aliphatic carbocycles. The summed E-state index contributed by atoms with van der Waals surface area (Å²) < 4.78 is 10.5. The van der Waals surface area contributed by atoms with Gasteiger partial charge in [0.15, 0.2) is 0 Å². The molecule has 0 aromatic carbocycles. The summed E-state index contributed by atoms with van der Waals surface area (Å²) in [5.41, 5.74) is 0. The Labute approximate surface area is 135 Å². The Hall–Kier alpha value is -2.08. The number of hydrogen-bond donors (Lipinski definition) is 0. The smallest absolute Gasteiger partial charge is 0.246 e. The van der Waals surface area contributed by atoms with Crippen molar-refractivity contribution in [3.05, 3.63) is 30.2 Å². The van der Waals surface area contributed by atoms with Crippen LogP contribution in [0, 0.1) is 5.92 Å². The zero-order chi connectivity index (χ0) is 16.1. The van der Waals surface area contributed by atoms with Crippen LogP contribution in [0.5, 0.6) is 0 Å². The third-order valence-corrected chi connectivity index (χ3v) is 4.34. The van der Waals surface area contributed by atoms with Crippen molar-refractivity contribution in [1.82, 2.24) is 9.80 Å². The maximum absolute atomic E-state index is 12.6. The third-order valence-electron chi connectivity index (χ3n) is 4.34. The van der Waals surface area contributed by atoms with E-state index in [0.717, 1.165) is 12.8 Å². The van der Waals surface area contributed by atoms with Crippen molar-refractivity contribution in [3.63, 3.8) is 0 Å². The summed E-state index contributed by atoms with van der Waals surface area (Å²) in [7, 11) is 0. The first-order valence-corrected chi connectivity index (χ1v) is 8.11. The van der Waals surface area contributed by atoms with E-state index in [-0.39, 0.29) is 17.7 Å². The SMILES string of the molecule is O=C(/C=C/c1ccco1)N1CCCC(C(=O)N2CCOCC2)C1. The summed E-state index contributed by atoms with van der Waals surface area (Å²) in [4.78, 5) is 28.5. The Kier molecular flexibility index (Phi) is 5.12. The lowest BCUT2D eigenvalue weighted by molar-refractivity contribution is -0.143. The number of amides is 2. The fourth-order valence-corrected chi connectivity index (χ4v) is 3.07. The fourth-order valence-electron chi connectivity index (χ4n) is 3.07. The van der Waals surface area contributed by atoms with Crippen molar-refractivity contribution in [2.24, 2.45) is 5.92 Å². The summed E-state index contributed by atoms with van der Waals surface area (Å²) in [6, 6.07) is 3.58. The highest BCUT2D eigenvalue weighted by molar-refractivity contribution is 5.92. The predicted octanol–water partition coefficient (Wildman–Crippen LogP) is 1.39. The van der Waals surface area contributed by atoms with E-state index >= 15 is 0 Å². The van der Waals surface area contributed by atoms with Crippen LogP contribution in [0.15, 0.2) is 28.9 Å². The lowest BCUT2D eigenvalue weighted by Crippen LogP contribution is -2.49. The van der Waals surface area contributed by atoms with Gasteiger partial charge in [0.25, 0.3) is 0 Å². The molecular formula is C17H22N2O4. The maximum atomic E-state index is 12.6. The molecule has 23 heavy (non-hydrogen) atoms. The number of rotatable bonds is 3. The van der Waals surface area contributed by atoms with Gasteiger partial charge in [-0.25, -0.2) is 0 Å². The van der Waals surface area contributed by atoms with Crippen LogP contribution in [-0.2, 0) is 14.3 Å². The van der Waals surface area contributed by atoms with E-state index in [1.807, 2.05) is 4.90 Å². The molecule has 6 heteroatoms. The highest BCUT2D eigenvalue weighted by Crippen LogP contribution is 2.20. The average molecular weight is 318 g/mol. The fraction of sp³-hybridized carbons (Fsp3) is 0.529. The standard InChI is InChI=1S/C17H22N2O4/c20-16(6-5-15-4-2-10-23-15)19-7-1-3-14(13-19)17(21)18-8-11-22-12-9-18/h2,4-6,10,14H,1,3,7-9,11-13H2/b6-5+. The van der Waals surface area contributed by atoms with E-state index in [4.69, 9.17) is 9.15 Å². The molecule has 0 N–H and O–H groups in total. The van der Waals surface area contributed by atoms with Crippen molar-refractivity contribution in [3.8, 4) is 0 Å². The van der Waals surface area contributed by atoms with Crippen LogP contribution in [0.25, 0.3) is 6.08 Å². The summed E-state index contributed by atoms with van der Waals surface area (Å²) in [5, 5.41) is 0. The minimum Gasteiger partial charge on any atom is -0.465 e. The van der Waals surface area contributed by atoms with Crippen molar-refractivity contribution in [2.75, 3.05) is 39.4 Å². The zero-order valence-electron chi connectivity index (χ0n) is 13.1. The van der Waals surface area contributed by atoms with Crippen molar-refractivity contribution >= 4 is 17.9 Å². The Morgan fingerprint density at radius 1 is 1.17 bits per heavy atom. The lowest BCUT2D eigenvalue weighted by atomic mass is 9.96. The number of morpholine rings is 1. The Morgan fingerprint density at radius 2 is 2.00 bits per heavy atom. The van der Waals surface area contributed by atoms with Crippen LogP contribution in [-0.4, -0.2) is 61.0 Å².